The summed E-state index contributed by atoms with van der Waals surface area (Å²) in [4.78, 5) is 11.4. The molecular formula is C11H22ClNO2. The fourth-order valence-corrected chi connectivity index (χ4v) is 2.23. The second-order valence-corrected chi connectivity index (χ2v) is 4.07. The summed E-state index contributed by atoms with van der Waals surface area (Å²) in [6.07, 6.45) is 6.47. The molecule has 0 aromatic rings. The third-order valence-corrected chi connectivity index (χ3v) is 3.13. The van der Waals surface area contributed by atoms with E-state index in [1.54, 1.807) is 0 Å². The molecular weight excluding hydrogens is 214 g/mol. The molecule has 0 amide bonds. The Hall–Kier alpha value is -0.280. The van der Waals surface area contributed by atoms with Gasteiger partial charge < -0.3 is 10.1 Å². The first-order valence-corrected chi connectivity index (χ1v) is 5.57. The van der Waals surface area contributed by atoms with E-state index in [9.17, 15) is 4.79 Å². The third kappa shape index (κ3) is 4.39. The van der Waals surface area contributed by atoms with Crippen molar-refractivity contribution < 1.29 is 9.53 Å². The molecule has 0 heterocycles. The lowest BCUT2D eigenvalue weighted by atomic mass is 9.79. The van der Waals surface area contributed by atoms with Gasteiger partial charge in [-0.15, -0.1) is 12.4 Å². The summed E-state index contributed by atoms with van der Waals surface area (Å²) in [5, 5.41) is 3.31. The van der Waals surface area contributed by atoms with Crippen LogP contribution in [-0.2, 0) is 9.53 Å². The number of esters is 1. The van der Waals surface area contributed by atoms with Crippen LogP contribution in [0.4, 0.5) is 0 Å². The molecule has 1 fully saturated rings. The molecule has 0 saturated heterocycles. The smallest absolute Gasteiger partial charge is 0.307 e. The molecule has 15 heavy (non-hydrogen) atoms. The van der Waals surface area contributed by atoms with Crippen molar-refractivity contribution >= 4 is 18.4 Å². The summed E-state index contributed by atoms with van der Waals surface area (Å²) in [6, 6.07) is 0. The van der Waals surface area contributed by atoms with E-state index in [2.05, 4.69) is 5.32 Å². The number of hydrogen-bond acceptors (Lipinski definition) is 3. The van der Waals surface area contributed by atoms with Gasteiger partial charge in [-0.3, -0.25) is 4.79 Å². The van der Waals surface area contributed by atoms with Crippen molar-refractivity contribution in [2.45, 2.75) is 51.0 Å². The van der Waals surface area contributed by atoms with Crippen LogP contribution in [0.15, 0.2) is 0 Å². The quantitative estimate of drug-likeness (QED) is 0.760. The average Bonchev–Trinajstić information content (AvgIpc) is 2.19. The number of ether oxygens (including phenoxy) is 1. The van der Waals surface area contributed by atoms with Crippen molar-refractivity contribution in [3.63, 3.8) is 0 Å². The first-order chi connectivity index (χ1) is 6.72. The second kappa shape index (κ2) is 7.07. The fraction of sp³-hybridized carbons (Fsp3) is 0.909. The highest BCUT2D eigenvalue weighted by Crippen LogP contribution is 2.30. The molecule has 3 nitrogen and oxygen atoms in total. The normalized spacial score (nSPS) is 19.1. The lowest BCUT2D eigenvalue weighted by Crippen LogP contribution is -2.46. The molecule has 1 saturated carbocycles. The number of rotatable bonds is 4. The summed E-state index contributed by atoms with van der Waals surface area (Å²) in [6.45, 7) is 2.34. The van der Waals surface area contributed by atoms with Gasteiger partial charge in [-0.25, -0.2) is 0 Å². The van der Waals surface area contributed by atoms with Crippen molar-refractivity contribution in [3.05, 3.63) is 0 Å². The SMILES string of the molecule is CCOC(=O)CC1(NC)CCCCC1.Cl. The molecule has 0 aromatic heterocycles. The van der Waals surface area contributed by atoms with Gasteiger partial charge in [0.25, 0.3) is 0 Å². The number of halogens is 1. The van der Waals surface area contributed by atoms with Crippen LogP contribution in [0.25, 0.3) is 0 Å². The van der Waals surface area contributed by atoms with Gasteiger partial charge in [-0.1, -0.05) is 19.3 Å². The molecule has 0 atom stereocenters. The molecule has 4 heteroatoms. The van der Waals surface area contributed by atoms with E-state index in [0.29, 0.717) is 13.0 Å². The van der Waals surface area contributed by atoms with E-state index in [4.69, 9.17) is 4.74 Å². The zero-order valence-corrected chi connectivity index (χ0v) is 10.5. The Kier molecular flexibility index (Phi) is 6.94. The van der Waals surface area contributed by atoms with Gasteiger partial charge in [-0.2, -0.15) is 0 Å². The zero-order chi connectivity index (χ0) is 10.4. The first-order valence-electron chi connectivity index (χ1n) is 5.57. The van der Waals surface area contributed by atoms with Crippen molar-refractivity contribution in [2.24, 2.45) is 0 Å². The van der Waals surface area contributed by atoms with Crippen LogP contribution in [0.1, 0.15) is 45.4 Å². The van der Waals surface area contributed by atoms with Gasteiger partial charge in [0, 0.05) is 5.54 Å². The van der Waals surface area contributed by atoms with E-state index in [1.807, 2.05) is 14.0 Å². The molecule has 1 aliphatic rings. The summed E-state index contributed by atoms with van der Waals surface area (Å²) in [7, 11) is 1.95. The van der Waals surface area contributed by atoms with Crippen molar-refractivity contribution in [1.29, 1.82) is 0 Å². The monoisotopic (exact) mass is 235 g/mol. The third-order valence-electron chi connectivity index (χ3n) is 3.13. The molecule has 0 aromatic carbocycles. The number of carbonyl (C=O) groups excluding carboxylic acids is 1. The van der Waals surface area contributed by atoms with E-state index in [0.717, 1.165) is 12.8 Å². The van der Waals surface area contributed by atoms with Gasteiger partial charge >= 0.3 is 5.97 Å². The zero-order valence-electron chi connectivity index (χ0n) is 9.67. The Bertz CT molecular complexity index is 191. The number of carbonyl (C=O) groups is 1. The molecule has 1 aliphatic carbocycles. The first kappa shape index (κ1) is 14.7. The lowest BCUT2D eigenvalue weighted by molar-refractivity contribution is -0.145. The fourth-order valence-electron chi connectivity index (χ4n) is 2.23. The Morgan fingerprint density at radius 3 is 2.40 bits per heavy atom. The maximum absolute atomic E-state index is 11.4. The van der Waals surface area contributed by atoms with E-state index < -0.39 is 0 Å². The summed E-state index contributed by atoms with van der Waals surface area (Å²) in [5.74, 6) is -0.0660. The van der Waals surface area contributed by atoms with Crippen LogP contribution in [0.3, 0.4) is 0 Å². The molecule has 0 unspecified atom stereocenters. The Labute approximate surface area is 98.4 Å². The van der Waals surface area contributed by atoms with E-state index >= 15 is 0 Å². The minimum atomic E-state index is -0.0660. The van der Waals surface area contributed by atoms with Crippen LogP contribution in [0.5, 0.6) is 0 Å². The molecule has 1 rings (SSSR count). The van der Waals surface area contributed by atoms with Crippen LogP contribution < -0.4 is 5.32 Å². The van der Waals surface area contributed by atoms with Gasteiger partial charge in [0.05, 0.1) is 13.0 Å². The van der Waals surface area contributed by atoms with E-state index in [1.165, 1.54) is 19.3 Å². The van der Waals surface area contributed by atoms with Crippen LogP contribution >= 0.6 is 12.4 Å². The van der Waals surface area contributed by atoms with Crippen molar-refractivity contribution in [3.8, 4) is 0 Å². The highest BCUT2D eigenvalue weighted by Gasteiger charge is 2.32. The standard InChI is InChI=1S/C11H21NO2.ClH/c1-3-14-10(13)9-11(12-2)7-5-4-6-8-11;/h12H,3-9H2,1-2H3;1H. The van der Waals surface area contributed by atoms with Crippen LogP contribution in [0, 0.1) is 0 Å². The lowest BCUT2D eigenvalue weighted by Gasteiger charge is -2.36. The van der Waals surface area contributed by atoms with Crippen LogP contribution in [-0.4, -0.2) is 25.2 Å². The highest BCUT2D eigenvalue weighted by molar-refractivity contribution is 5.85. The maximum atomic E-state index is 11.4. The number of hydrogen-bond donors (Lipinski definition) is 1. The van der Waals surface area contributed by atoms with Crippen molar-refractivity contribution in [2.75, 3.05) is 13.7 Å². The van der Waals surface area contributed by atoms with Crippen molar-refractivity contribution in [1.82, 2.24) is 5.32 Å². The molecule has 0 aliphatic heterocycles. The molecule has 1 N–H and O–H groups in total. The minimum Gasteiger partial charge on any atom is -0.466 e. The van der Waals surface area contributed by atoms with Gasteiger partial charge in [0.15, 0.2) is 0 Å². The topological polar surface area (TPSA) is 38.3 Å². The maximum Gasteiger partial charge on any atom is 0.307 e. The van der Waals surface area contributed by atoms with Gasteiger partial charge in [0.1, 0.15) is 0 Å². The molecule has 0 radical (unpaired) electrons. The highest BCUT2D eigenvalue weighted by atomic mass is 35.5. The van der Waals surface area contributed by atoms with Gasteiger partial charge in [-0.05, 0) is 26.8 Å². The number of nitrogens with one attached hydrogen (secondary N) is 1. The molecule has 0 spiro atoms. The Morgan fingerprint density at radius 2 is 1.93 bits per heavy atom. The largest absolute Gasteiger partial charge is 0.466 e. The summed E-state index contributed by atoms with van der Waals surface area (Å²) in [5.41, 5.74) is 0.0184. The Balaban J connectivity index is 0.00000196. The summed E-state index contributed by atoms with van der Waals surface area (Å²) < 4.78 is 4.99. The minimum absolute atomic E-state index is 0. The van der Waals surface area contributed by atoms with Crippen LogP contribution in [0.2, 0.25) is 0 Å². The van der Waals surface area contributed by atoms with Gasteiger partial charge in [0.2, 0.25) is 0 Å². The molecule has 90 valence electrons. The molecule has 0 bridgehead atoms. The second-order valence-electron chi connectivity index (χ2n) is 4.07. The average molecular weight is 236 g/mol. The predicted octanol–water partition coefficient (Wildman–Crippen LogP) is 2.28. The Morgan fingerprint density at radius 1 is 1.33 bits per heavy atom. The predicted molar refractivity (Wildman–Crippen MR) is 63.4 cm³/mol. The van der Waals surface area contributed by atoms with E-state index in [-0.39, 0.29) is 23.9 Å². The summed E-state index contributed by atoms with van der Waals surface area (Å²) >= 11 is 0.